The quantitative estimate of drug-likeness (QED) is 0.738. The second-order valence-corrected chi connectivity index (χ2v) is 7.54. The molecule has 1 N–H and O–H groups in total. The van der Waals surface area contributed by atoms with E-state index in [0.29, 0.717) is 6.29 Å². The largest absolute Gasteiger partial charge is 0.444 e. The van der Waals surface area contributed by atoms with Crippen LogP contribution in [-0.2, 0) is 19.4 Å². The summed E-state index contributed by atoms with van der Waals surface area (Å²) >= 11 is 0. The van der Waals surface area contributed by atoms with Crippen LogP contribution in [-0.4, -0.2) is 43.4 Å². The molecule has 2 atom stereocenters. The molecular formula is C10H17NO5S. The van der Waals surface area contributed by atoms with Crippen molar-refractivity contribution < 1.29 is 22.7 Å². The van der Waals surface area contributed by atoms with Crippen molar-refractivity contribution in [3.63, 3.8) is 0 Å². The van der Waals surface area contributed by atoms with Gasteiger partial charge in [-0.15, -0.1) is 0 Å². The van der Waals surface area contributed by atoms with Gasteiger partial charge in [-0.3, -0.25) is 0 Å². The molecule has 0 unspecified atom stereocenters. The minimum Gasteiger partial charge on any atom is -0.444 e. The van der Waals surface area contributed by atoms with Crippen molar-refractivity contribution in [1.82, 2.24) is 5.32 Å². The first-order valence-corrected chi connectivity index (χ1v) is 7.12. The Hall–Kier alpha value is -1.11. The van der Waals surface area contributed by atoms with Gasteiger partial charge < -0.3 is 14.8 Å². The van der Waals surface area contributed by atoms with E-state index in [4.69, 9.17) is 4.74 Å². The zero-order valence-electron chi connectivity index (χ0n) is 10.3. The monoisotopic (exact) mass is 263 g/mol. The standard InChI is InChI=1S/C10H17NO5S/c1-9(2,3)16-8(13)11-10(6-12)5-7(10)17(4,14)15/h6-7H,5H2,1-4H3,(H,11,13)/t7-,10+/m0/s1. The topological polar surface area (TPSA) is 89.5 Å². The summed E-state index contributed by atoms with van der Waals surface area (Å²) in [5, 5.41) is 1.47. The third-order valence-electron chi connectivity index (χ3n) is 2.40. The number of hydrogen-bond donors (Lipinski definition) is 1. The first kappa shape index (κ1) is 14.0. The molecule has 0 saturated heterocycles. The number of carbonyl (C=O) groups excluding carboxylic acids is 2. The summed E-state index contributed by atoms with van der Waals surface area (Å²) in [6.07, 6.45) is 0.826. The molecular weight excluding hydrogens is 246 g/mol. The van der Waals surface area contributed by atoms with Crippen molar-refractivity contribution in [2.24, 2.45) is 0 Å². The number of ether oxygens (including phenoxy) is 1. The van der Waals surface area contributed by atoms with Gasteiger partial charge in [0.25, 0.3) is 0 Å². The number of amides is 1. The summed E-state index contributed by atoms with van der Waals surface area (Å²) < 4.78 is 27.5. The van der Waals surface area contributed by atoms with Gasteiger partial charge in [-0.1, -0.05) is 0 Å². The number of alkyl carbamates (subject to hydrolysis) is 1. The second-order valence-electron chi connectivity index (χ2n) is 5.31. The van der Waals surface area contributed by atoms with E-state index in [2.05, 4.69) is 5.32 Å². The lowest BCUT2D eigenvalue weighted by Gasteiger charge is -2.21. The van der Waals surface area contributed by atoms with Crippen LogP contribution < -0.4 is 5.32 Å². The predicted molar refractivity (Wildman–Crippen MR) is 61.4 cm³/mol. The molecule has 0 aromatic rings. The first-order valence-electron chi connectivity index (χ1n) is 5.16. The maximum Gasteiger partial charge on any atom is 0.408 e. The van der Waals surface area contributed by atoms with E-state index in [-0.39, 0.29) is 6.42 Å². The van der Waals surface area contributed by atoms with Crippen molar-refractivity contribution in [1.29, 1.82) is 0 Å². The van der Waals surface area contributed by atoms with Gasteiger partial charge in [0.15, 0.2) is 9.84 Å². The summed E-state index contributed by atoms with van der Waals surface area (Å²) in [4.78, 5) is 22.4. The highest BCUT2D eigenvalue weighted by molar-refractivity contribution is 7.91. The van der Waals surface area contributed by atoms with Gasteiger partial charge in [-0.05, 0) is 27.2 Å². The Kier molecular flexibility index (Phi) is 3.26. The Morgan fingerprint density at radius 1 is 1.47 bits per heavy atom. The van der Waals surface area contributed by atoms with E-state index in [1.165, 1.54) is 0 Å². The van der Waals surface area contributed by atoms with E-state index in [0.717, 1.165) is 6.26 Å². The van der Waals surface area contributed by atoms with Crippen LogP contribution in [0.15, 0.2) is 0 Å². The molecule has 1 rings (SSSR count). The molecule has 0 heterocycles. The zero-order valence-corrected chi connectivity index (χ0v) is 11.1. The predicted octanol–water partition coefficient (Wildman–Crippen LogP) is 0.266. The van der Waals surface area contributed by atoms with Crippen molar-refractivity contribution in [3.8, 4) is 0 Å². The second kappa shape index (κ2) is 3.97. The minimum atomic E-state index is -3.34. The summed E-state index contributed by atoms with van der Waals surface area (Å²) in [5.41, 5.74) is -2.00. The Morgan fingerprint density at radius 3 is 2.29 bits per heavy atom. The van der Waals surface area contributed by atoms with Crippen LogP contribution >= 0.6 is 0 Å². The van der Waals surface area contributed by atoms with Crippen LogP contribution in [0.4, 0.5) is 4.79 Å². The molecule has 1 amide bonds. The van der Waals surface area contributed by atoms with E-state index < -0.39 is 32.3 Å². The fourth-order valence-electron chi connectivity index (χ4n) is 1.56. The van der Waals surface area contributed by atoms with Crippen molar-refractivity contribution in [2.45, 2.75) is 43.6 Å². The van der Waals surface area contributed by atoms with Crippen LogP contribution in [0.2, 0.25) is 0 Å². The van der Waals surface area contributed by atoms with E-state index in [1.54, 1.807) is 20.8 Å². The molecule has 7 heteroatoms. The van der Waals surface area contributed by atoms with Crippen LogP contribution in [0.1, 0.15) is 27.2 Å². The molecule has 0 bridgehead atoms. The lowest BCUT2D eigenvalue weighted by atomic mass is 10.2. The van der Waals surface area contributed by atoms with Crippen LogP contribution in [0.25, 0.3) is 0 Å². The highest BCUT2D eigenvalue weighted by atomic mass is 32.2. The Bertz CT molecular complexity index is 436. The SMILES string of the molecule is CC(C)(C)OC(=O)N[C@@]1(C=O)C[C@@H]1S(C)(=O)=O. The minimum absolute atomic E-state index is 0.106. The molecule has 0 aliphatic heterocycles. The normalized spacial score (nSPS) is 28.4. The van der Waals surface area contributed by atoms with Crippen molar-refractivity contribution in [2.75, 3.05) is 6.26 Å². The van der Waals surface area contributed by atoms with Gasteiger partial charge in [0, 0.05) is 6.26 Å². The maximum atomic E-state index is 11.5. The number of rotatable bonds is 3. The summed E-state index contributed by atoms with van der Waals surface area (Å²) in [7, 11) is -3.34. The fourth-order valence-corrected chi connectivity index (χ4v) is 3.02. The van der Waals surface area contributed by atoms with E-state index >= 15 is 0 Å². The average molecular weight is 263 g/mol. The number of hydrogen-bond acceptors (Lipinski definition) is 5. The zero-order chi connectivity index (χ0) is 13.5. The van der Waals surface area contributed by atoms with Crippen molar-refractivity contribution in [3.05, 3.63) is 0 Å². The number of carbonyl (C=O) groups is 2. The van der Waals surface area contributed by atoms with Crippen LogP contribution in [0.5, 0.6) is 0 Å². The Labute approximate surface area is 101 Å². The Morgan fingerprint density at radius 2 is 2.00 bits per heavy atom. The molecule has 6 nitrogen and oxygen atoms in total. The first-order chi connectivity index (χ1) is 7.50. The molecule has 1 aliphatic rings. The third-order valence-corrected chi connectivity index (χ3v) is 4.02. The smallest absolute Gasteiger partial charge is 0.408 e. The maximum absolute atomic E-state index is 11.5. The van der Waals surface area contributed by atoms with Crippen LogP contribution in [0.3, 0.4) is 0 Å². The third kappa shape index (κ3) is 3.42. The Balaban J connectivity index is 2.69. The molecule has 0 aromatic carbocycles. The molecule has 0 radical (unpaired) electrons. The lowest BCUT2D eigenvalue weighted by molar-refractivity contribution is -0.110. The summed E-state index contributed by atoms with van der Waals surface area (Å²) in [5.74, 6) is 0. The van der Waals surface area contributed by atoms with Crippen molar-refractivity contribution >= 4 is 22.2 Å². The summed E-state index contributed by atoms with van der Waals surface area (Å²) in [6.45, 7) is 5.04. The van der Waals surface area contributed by atoms with Gasteiger partial charge in [0.05, 0.1) is 5.25 Å². The number of nitrogens with one attached hydrogen (secondary N) is 1. The summed E-state index contributed by atoms with van der Waals surface area (Å²) in [6, 6.07) is 0. The molecule has 17 heavy (non-hydrogen) atoms. The highest BCUT2D eigenvalue weighted by Gasteiger charge is 2.61. The van der Waals surface area contributed by atoms with Gasteiger partial charge >= 0.3 is 6.09 Å². The van der Waals surface area contributed by atoms with Gasteiger partial charge in [-0.25, -0.2) is 13.2 Å². The fraction of sp³-hybridized carbons (Fsp3) is 0.800. The molecule has 0 aromatic heterocycles. The van der Waals surface area contributed by atoms with E-state index in [1.807, 2.05) is 0 Å². The molecule has 98 valence electrons. The lowest BCUT2D eigenvalue weighted by Crippen LogP contribution is -2.44. The number of aldehydes is 1. The van der Waals surface area contributed by atoms with Gasteiger partial charge in [0.1, 0.15) is 17.4 Å². The van der Waals surface area contributed by atoms with Gasteiger partial charge in [-0.2, -0.15) is 0 Å². The van der Waals surface area contributed by atoms with Gasteiger partial charge in [0.2, 0.25) is 0 Å². The number of sulfone groups is 1. The molecule has 1 fully saturated rings. The molecule has 1 saturated carbocycles. The molecule has 0 spiro atoms. The average Bonchev–Trinajstić information content (AvgIpc) is 2.75. The van der Waals surface area contributed by atoms with E-state index in [9.17, 15) is 18.0 Å². The van der Waals surface area contributed by atoms with Crippen LogP contribution in [0, 0.1) is 0 Å². The highest BCUT2D eigenvalue weighted by Crippen LogP contribution is 2.40. The molecule has 1 aliphatic carbocycles.